The normalized spacial score (nSPS) is 15.6. The first-order valence-corrected chi connectivity index (χ1v) is 11.8. The van der Waals surface area contributed by atoms with Crippen LogP contribution in [0, 0.1) is 0 Å². The zero-order valence-corrected chi connectivity index (χ0v) is 18.9. The molecule has 6 nitrogen and oxygen atoms in total. The summed E-state index contributed by atoms with van der Waals surface area (Å²) in [5.41, 5.74) is 3.53. The van der Waals surface area contributed by atoms with Crippen LogP contribution in [-0.4, -0.2) is 34.2 Å². The molecule has 1 aromatic carbocycles. The number of hydrogen-bond donors (Lipinski definition) is 1. The Bertz CT molecular complexity index is 1280. The number of methoxy groups -OCH3 is 1. The molecule has 5 rings (SSSR count). The molecule has 1 aliphatic rings. The summed E-state index contributed by atoms with van der Waals surface area (Å²) in [5, 5.41) is 4.50. The van der Waals surface area contributed by atoms with Crippen LogP contribution in [0.4, 0.5) is 0 Å². The molecule has 0 spiro atoms. The molecule has 7 heteroatoms. The zero-order valence-electron chi connectivity index (χ0n) is 18.1. The molecular weight excluding hydrogens is 420 g/mol. The predicted molar refractivity (Wildman–Crippen MR) is 128 cm³/mol. The maximum atomic E-state index is 13.3. The van der Waals surface area contributed by atoms with Crippen molar-refractivity contribution in [3.8, 4) is 5.75 Å². The fourth-order valence-electron chi connectivity index (χ4n) is 4.42. The van der Waals surface area contributed by atoms with Crippen LogP contribution in [0.5, 0.6) is 5.75 Å². The lowest BCUT2D eigenvalue weighted by molar-refractivity contribution is 0.414. The molecule has 32 heavy (non-hydrogen) atoms. The SMILES string of the molecule is COc1cccc(Cn2cnc3sc4c(c3c2=O)CCC(NCCc2cccnc2)C4)c1. The van der Waals surface area contributed by atoms with Crippen LogP contribution in [0.15, 0.2) is 59.9 Å². The highest BCUT2D eigenvalue weighted by molar-refractivity contribution is 7.18. The van der Waals surface area contributed by atoms with Crippen LogP contribution in [0.3, 0.4) is 0 Å². The third kappa shape index (κ3) is 4.31. The zero-order chi connectivity index (χ0) is 21.9. The third-order valence-corrected chi connectivity index (χ3v) is 7.25. The molecule has 0 radical (unpaired) electrons. The molecule has 1 atom stereocenters. The Hall–Kier alpha value is -3.03. The smallest absolute Gasteiger partial charge is 0.262 e. The summed E-state index contributed by atoms with van der Waals surface area (Å²) in [5.74, 6) is 0.791. The number of aryl methyl sites for hydroxylation is 1. The molecule has 1 N–H and O–H groups in total. The number of fused-ring (bicyclic) bond motifs is 3. The lowest BCUT2D eigenvalue weighted by Crippen LogP contribution is -2.35. The van der Waals surface area contributed by atoms with Crippen LogP contribution in [0.25, 0.3) is 10.2 Å². The van der Waals surface area contributed by atoms with Gasteiger partial charge < -0.3 is 10.1 Å². The average Bonchev–Trinajstić information content (AvgIpc) is 3.20. The molecule has 164 valence electrons. The van der Waals surface area contributed by atoms with Gasteiger partial charge in [0.05, 0.1) is 25.4 Å². The van der Waals surface area contributed by atoms with E-state index in [0.717, 1.165) is 53.8 Å². The Morgan fingerprint density at radius 2 is 2.16 bits per heavy atom. The summed E-state index contributed by atoms with van der Waals surface area (Å²) < 4.78 is 7.02. The summed E-state index contributed by atoms with van der Waals surface area (Å²) in [4.78, 5) is 24.3. The minimum Gasteiger partial charge on any atom is -0.497 e. The van der Waals surface area contributed by atoms with Gasteiger partial charge in [-0.05, 0) is 67.1 Å². The van der Waals surface area contributed by atoms with E-state index in [2.05, 4.69) is 21.4 Å². The molecule has 0 bridgehead atoms. The van der Waals surface area contributed by atoms with Crippen LogP contribution < -0.4 is 15.6 Å². The number of rotatable bonds is 7. The molecular formula is C25H26N4O2S. The predicted octanol–water partition coefficient (Wildman–Crippen LogP) is 3.60. The molecule has 0 saturated carbocycles. The molecule has 1 unspecified atom stereocenters. The fraction of sp³-hybridized carbons (Fsp3) is 0.320. The number of hydrogen-bond acceptors (Lipinski definition) is 6. The number of nitrogens with one attached hydrogen (secondary N) is 1. The Labute approximate surface area is 190 Å². The van der Waals surface area contributed by atoms with E-state index in [9.17, 15) is 4.79 Å². The van der Waals surface area contributed by atoms with Crippen molar-refractivity contribution in [3.05, 3.63) is 87.0 Å². The maximum Gasteiger partial charge on any atom is 0.262 e. The summed E-state index contributed by atoms with van der Waals surface area (Å²) >= 11 is 1.67. The van der Waals surface area contributed by atoms with Gasteiger partial charge in [-0.2, -0.15) is 0 Å². The molecule has 3 aromatic heterocycles. The number of aromatic nitrogens is 3. The Kier molecular flexibility index (Phi) is 6.01. The lowest BCUT2D eigenvalue weighted by atomic mass is 9.93. The second-order valence-corrected chi connectivity index (χ2v) is 9.30. The topological polar surface area (TPSA) is 69.0 Å². The van der Waals surface area contributed by atoms with Gasteiger partial charge in [-0.3, -0.25) is 14.3 Å². The van der Waals surface area contributed by atoms with Crippen molar-refractivity contribution in [1.29, 1.82) is 0 Å². The average molecular weight is 447 g/mol. The molecule has 0 saturated heterocycles. The van der Waals surface area contributed by atoms with Gasteiger partial charge in [-0.1, -0.05) is 18.2 Å². The maximum absolute atomic E-state index is 13.3. The Morgan fingerprint density at radius 1 is 1.25 bits per heavy atom. The highest BCUT2D eigenvalue weighted by Gasteiger charge is 2.25. The van der Waals surface area contributed by atoms with E-state index in [0.29, 0.717) is 12.6 Å². The Morgan fingerprint density at radius 3 is 3.00 bits per heavy atom. The van der Waals surface area contributed by atoms with Gasteiger partial charge in [0.2, 0.25) is 0 Å². The number of ether oxygens (including phenoxy) is 1. The largest absolute Gasteiger partial charge is 0.497 e. The van der Waals surface area contributed by atoms with E-state index in [4.69, 9.17) is 4.74 Å². The minimum absolute atomic E-state index is 0.0540. The molecule has 0 amide bonds. The van der Waals surface area contributed by atoms with Crippen LogP contribution in [0.2, 0.25) is 0 Å². The highest BCUT2D eigenvalue weighted by Crippen LogP contribution is 2.33. The van der Waals surface area contributed by atoms with Gasteiger partial charge in [0, 0.05) is 23.3 Å². The van der Waals surface area contributed by atoms with E-state index in [-0.39, 0.29) is 5.56 Å². The number of benzene rings is 1. The summed E-state index contributed by atoms with van der Waals surface area (Å²) in [6, 6.07) is 12.3. The van der Waals surface area contributed by atoms with Crippen LogP contribution >= 0.6 is 11.3 Å². The fourth-order valence-corrected chi connectivity index (χ4v) is 5.68. The monoisotopic (exact) mass is 446 g/mol. The van der Waals surface area contributed by atoms with Crippen molar-refractivity contribution in [2.24, 2.45) is 0 Å². The summed E-state index contributed by atoms with van der Waals surface area (Å²) in [6.07, 6.45) is 9.29. The van der Waals surface area contributed by atoms with E-state index in [1.807, 2.05) is 36.5 Å². The van der Waals surface area contributed by atoms with Gasteiger partial charge >= 0.3 is 0 Å². The first-order valence-electron chi connectivity index (χ1n) is 11.0. The second-order valence-electron chi connectivity index (χ2n) is 8.22. The van der Waals surface area contributed by atoms with Gasteiger partial charge in [-0.25, -0.2) is 4.98 Å². The first-order chi connectivity index (χ1) is 15.7. The molecule has 1 aliphatic carbocycles. The van der Waals surface area contributed by atoms with Crippen molar-refractivity contribution < 1.29 is 4.74 Å². The van der Waals surface area contributed by atoms with E-state index in [1.165, 1.54) is 16.0 Å². The lowest BCUT2D eigenvalue weighted by Gasteiger charge is -2.23. The number of nitrogens with zero attached hydrogens (tertiary/aromatic N) is 3. The Balaban J connectivity index is 1.32. The van der Waals surface area contributed by atoms with E-state index >= 15 is 0 Å². The molecule has 0 fully saturated rings. The molecule has 0 aliphatic heterocycles. The van der Waals surface area contributed by atoms with Gasteiger partial charge in [0.15, 0.2) is 0 Å². The van der Waals surface area contributed by atoms with Gasteiger partial charge in [0.25, 0.3) is 5.56 Å². The van der Waals surface area contributed by atoms with Crippen molar-refractivity contribution in [1.82, 2.24) is 19.9 Å². The summed E-state index contributed by atoms with van der Waals surface area (Å²) in [7, 11) is 1.65. The molecule has 4 aromatic rings. The standard InChI is InChI=1S/C25H26N4O2S/c1-31-20-6-2-4-18(12-20)15-29-16-28-24-23(25(29)30)21-8-7-19(13-22(21)32-24)27-11-9-17-5-3-10-26-14-17/h2-6,10,12,14,16,19,27H,7-9,11,13,15H2,1H3. The van der Waals surface area contributed by atoms with Crippen molar-refractivity contribution >= 4 is 21.6 Å². The second kappa shape index (κ2) is 9.22. The van der Waals surface area contributed by atoms with Crippen molar-refractivity contribution in [3.63, 3.8) is 0 Å². The van der Waals surface area contributed by atoms with Crippen LogP contribution in [0.1, 0.15) is 28.0 Å². The number of pyridine rings is 1. The highest BCUT2D eigenvalue weighted by atomic mass is 32.1. The quantitative estimate of drug-likeness (QED) is 0.470. The van der Waals surface area contributed by atoms with E-state index in [1.54, 1.807) is 35.5 Å². The molecule has 3 heterocycles. The van der Waals surface area contributed by atoms with E-state index < -0.39 is 0 Å². The third-order valence-electron chi connectivity index (χ3n) is 6.09. The van der Waals surface area contributed by atoms with Gasteiger partial charge in [-0.15, -0.1) is 11.3 Å². The number of thiophene rings is 1. The van der Waals surface area contributed by atoms with Crippen molar-refractivity contribution in [2.45, 2.75) is 38.3 Å². The first kappa shape index (κ1) is 20.8. The van der Waals surface area contributed by atoms with Crippen molar-refractivity contribution in [2.75, 3.05) is 13.7 Å². The van der Waals surface area contributed by atoms with Gasteiger partial charge in [0.1, 0.15) is 10.6 Å². The summed E-state index contributed by atoms with van der Waals surface area (Å²) in [6.45, 7) is 1.42. The minimum atomic E-state index is 0.0540. The van der Waals surface area contributed by atoms with Crippen LogP contribution in [-0.2, 0) is 25.8 Å².